The summed E-state index contributed by atoms with van der Waals surface area (Å²) in [6.45, 7) is 8.52. The summed E-state index contributed by atoms with van der Waals surface area (Å²) < 4.78 is 0. The number of carbonyl (C=O) groups excluding carboxylic acids is 1. The first-order valence-corrected chi connectivity index (χ1v) is 12.4. The second-order valence-electron chi connectivity index (χ2n) is 8.75. The van der Waals surface area contributed by atoms with Crippen LogP contribution >= 0.6 is 23.4 Å². The second-order valence-corrected chi connectivity index (χ2v) is 10.3. The van der Waals surface area contributed by atoms with Crippen LogP contribution < -0.4 is 4.90 Å². The van der Waals surface area contributed by atoms with Gasteiger partial charge in [0.05, 0.1) is 5.69 Å². The number of aryl methyl sites for hydroxylation is 1. The fraction of sp³-hybridized carbons (Fsp3) is 0.259. The molecular weight excluding hydrogens is 450 g/mol. The lowest BCUT2D eigenvalue weighted by molar-refractivity contribution is 0.0726. The number of hydrogen-bond acceptors (Lipinski definition) is 4. The van der Waals surface area contributed by atoms with Crippen molar-refractivity contribution in [3.8, 4) is 0 Å². The molecule has 0 aromatic heterocycles. The highest BCUT2D eigenvalue weighted by Crippen LogP contribution is 2.41. The maximum absolute atomic E-state index is 13.4. The molecule has 1 amide bonds. The van der Waals surface area contributed by atoms with Gasteiger partial charge in [-0.05, 0) is 74.9 Å². The number of amides is 1. The lowest BCUT2D eigenvalue weighted by atomic mass is 10.1. The van der Waals surface area contributed by atoms with Gasteiger partial charge < -0.3 is 9.80 Å². The van der Waals surface area contributed by atoms with Crippen molar-refractivity contribution in [3.63, 3.8) is 0 Å². The highest BCUT2D eigenvalue weighted by molar-refractivity contribution is 7.99. The Labute approximate surface area is 204 Å². The van der Waals surface area contributed by atoms with Gasteiger partial charge in [-0.2, -0.15) is 0 Å². The summed E-state index contributed by atoms with van der Waals surface area (Å²) in [5, 5.41) is 0.699. The number of halogens is 1. The van der Waals surface area contributed by atoms with Gasteiger partial charge in [-0.15, -0.1) is 0 Å². The molecule has 5 rings (SSSR count). The second kappa shape index (κ2) is 8.88. The molecule has 4 nitrogen and oxygen atoms in total. The van der Waals surface area contributed by atoms with Crippen molar-refractivity contribution in [2.45, 2.75) is 36.6 Å². The zero-order chi connectivity index (χ0) is 23.1. The molecule has 2 heterocycles. The van der Waals surface area contributed by atoms with E-state index in [2.05, 4.69) is 43.0 Å². The minimum Gasteiger partial charge on any atom is -0.365 e. The Morgan fingerprint density at radius 2 is 1.85 bits per heavy atom. The number of aliphatic imine (C=N–C) groups is 1. The van der Waals surface area contributed by atoms with Crippen molar-refractivity contribution >= 4 is 46.4 Å². The van der Waals surface area contributed by atoms with E-state index in [1.165, 1.54) is 11.3 Å². The lowest BCUT2D eigenvalue weighted by Gasteiger charge is -2.41. The highest BCUT2D eigenvalue weighted by atomic mass is 35.5. The monoisotopic (exact) mass is 475 g/mol. The Morgan fingerprint density at radius 1 is 1.03 bits per heavy atom. The van der Waals surface area contributed by atoms with Crippen molar-refractivity contribution in [2.24, 2.45) is 4.99 Å². The molecule has 2 aliphatic heterocycles. The van der Waals surface area contributed by atoms with Gasteiger partial charge in [0, 0.05) is 63.0 Å². The summed E-state index contributed by atoms with van der Waals surface area (Å²) >= 11 is 7.88. The van der Waals surface area contributed by atoms with E-state index in [1.54, 1.807) is 11.8 Å². The van der Waals surface area contributed by atoms with Crippen LogP contribution in [0.2, 0.25) is 5.02 Å². The summed E-state index contributed by atoms with van der Waals surface area (Å²) in [5.74, 6) is 0.0659. The van der Waals surface area contributed by atoms with Crippen LogP contribution in [0.25, 0.3) is 0 Å². The van der Waals surface area contributed by atoms with Crippen LogP contribution in [0.4, 0.5) is 11.4 Å². The lowest BCUT2D eigenvalue weighted by Crippen LogP contribution is -2.53. The quantitative estimate of drug-likeness (QED) is 0.418. The van der Waals surface area contributed by atoms with Gasteiger partial charge in [0.2, 0.25) is 0 Å². The first kappa shape index (κ1) is 22.1. The largest absolute Gasteiger partial charge is 0.365 e. The van der Waals surface area contributed by atoms with Gasteiger partial charge in [-0.25, -0.2) is 0 Å². The number of anilines is 1. The molecule has 168 valence electrons. The number of benzene rings is 3. The summed E-state index contributed by atoms with van der Waals surface area (Å²) in [6, 6.07) is 20.6. The van der Waals surface area contributed by atoms with Crippen LogP contribution in [-0.2, 0) is 0 Å². The van der Waals surface area contributed by atoms with Crippen molar-refractivity contribution in [1.82, 2.24) is 4.90 Å². The predicted molar refractivity (Wildman–Crippen MR) is 138 cm³/mol. The van der Waals surface area contributed by atoms with E-state index in [-0.39, 0.29) is 11.9 Å². The molecule has 1 fully saturated rings. The van der Waals surface area contributed by atoms with E-state index in [1.807, 2.05) is 48.2 Å². The van der Waals surface area contributed by atoms with E-state index < -0.39 is 0 Å². The predicted octanol–water partition coefficient (Wildman–Crippen LogP) is 6.60. The van der Waals surface area contributed by atoms with E-state index in [9.17, 15) is 4.79 Å². The van der Waals surface area contributed by atoms with Crippen LogP contribution in [0.5, 0.6) is 0 Å². The summed E-state index contributed by atoms with van der Waals surface area (Å²) in [6.07, 6.45) is 0. The maximum Gasteiger partial charge on any atom is 0.254 e. The molecule has 0 unspecified atom stereocenters. The third-order valence-corrected chi connectivity index (χ3v) is 7.67. The average molecular weight is 476 g/mol. The zero-order valence-electron chi connectivity index (χ0n) is 19.0. The molecule has 3 aromatic rings. The minimum atomic E-state index is 0.0659. The van der Waals surface area contributed by atoms with Crippen LogP contribution in [0.1, 0.15) is 35.3 Å². The van der Waals surface area contributed by atoms with Gasteiger partial charge in [0.15, 0.2) is 0 Å². The van der Waals surface area contributed by atoms with Crippen molar-refractivity contribution < 1.29 is 4.79 Å². The highest BCUT2D eigenvalue weighted by Gasteiger charge is 2.28. The summed E-state index contributed by atoms with van der Waals surface area (Å²) in [5.41, 5.74) is 5.94. The van der Waals surface area contributed by atoms with Crippen LogP contribution in [0.3, 0.4) is 0 Å². The van der Waals surface area contributed by atoms with Crippen LogP contribution in [0, 0.1) is 6.92 Å². The van der Waals surface area contributed by atoms with Gasteiger partial charge in [0.1, 0.15) is 0 Å². The molecule has 0 aliphatic carbocycles. The Bertz CT molecular complexity index is 1270. The number of rotatable bonds is 2. The van der Waals surface area contributed by atoms with Gasteiger partial charge >= 0.3 is 0 Å². The van der Waals surface area contributed by atoms with E-state index in [0.717, 1.165) is 33.3 Å². The molecule has 0 saturated carbocycles. The fourth-order valence-corrected chi connectivity index (χ4v) is 5.78. The number of carbonyl (C=O) groups is 1. The first-order chi connectivity index (χ1) is 15.9. The molecular formula is C27H26ClN3OS. The Hall–Kier alpha value is -2.76. The normalized spacial score (nSPS) is 17.7. The Balaban J connectivity index is 1.36. The molecule has 0 bridgehead atoms. The first-order valence-electron chi connectivity index (χ1n) is 11.2. The number of hydrogen-bond donors (Lipinski definition) is 0. The number of piperazine rings is 1. The third kappa shape index (κ3) is 4.40. The molecule has 1 saturated heterocycles. The van der Waals surface area contributed by atoms with E-state index >= 15 is 0 Å². The van der Waals surface area contributed by atoms with Crippen LogP contribution in [0.15, 0.2) is 75.4 Å². The molecule has 0 spiro atoms. The van der Waals surface area contributed by atoms with E-state index in [0.29, 0.717) is 23.7 Å². The molecule has 2 aliphatic rings. The van der Waals surface area contributed by atoms with Crippen molar-refractivity contribution in [1.29, 1.82) is 0 Å². The molecule has 33 heavy (non-hydrogen) atoms. The third-order valence-electron chi connectivity index (χ3n) is 6.29. The Morgan fingerprint density at radius 3 is 2.64 bits per heavy atom. The average Bonchev–Trinajstić information content (AvgIpc) is 2.93. The van der Waals surface area contributed by atoms with Gasteiger partial charge in [0.25, 0.3) is 5.91 Å². The number of nitrogens with zero attached hydrogens (tertiary/aromatic N) is 3. The smallest absolute Gasteiger partial charge is 0.254 e. The molecule has 1 atom stereocenters. The van der Waals surface area contributed by atoms with E-state index in [4.69, 9.17) is 16.6 Å². The molecule has 6 heteroatoms. The summed E-state index contributed by atoms with van der Waals surface area (Å²) in [7, 11) is 0. The number of fused-ring (bicyclic) bond motifs is 2. The topological polar surface area (TPSA) is 35.9 Å². The van der Waals surface area contributed by atoms with Crippen molar-refractivity contribution in [3.05, 3.63) is 82.4 Å². The fourth-order valence-electron chi connectivity index (χ4n) is 4.57. The standard InChI is InChI=1S/C27H26ClN3OS/c1-17-5-4-6-22(13-17)31-12-11-30(16-18(31)2)27(32)20-7-9-26-24(14-20)29-19(3)23-15-21(28)8-10-25(23)33-26/h4-10,13-15,18H,11-12,16H2,1-3H3/t18-/m1/s1. The van der Waals surface area contributed by atoms with Gasteiger partial charge in [-0.1, -0.05) is 35.5 Å². The summed E-state index contributed by atoms with van der Waals surface area (Å²) in [4.78, 5) is 24.8. The maximum atomic E-state index is 13.4. The molecule has 0 radical (unpaired) electrons. The molecule has 3 aromatic carbocycles. The SMILES string of the molecule is CC1=Nc2cc(C(=O)N3CCN(c4cccc(C)c4)[C@H](C)C3)ccc2Sc2ccc(Cl)cc21. The van der Waals surface area contributed by atoms with Crippen molar-refractivity contribution in [2.75, 3.05) is 24.5 Å². The Kier molecular flexibility index (Phi) is 5.94. The molecule has 0 N–H and O–H groups in total. The van der Waals surface area contributed by atoms with Gasteiger partial charge in [-0.3, -0.25) is 9.79 Å². The van der Waals surface area contributed by atoms with Crippen LogP contribution in [-0.4, -0.2) is 42.2 Å². The minimum absolute atomic E-state index is 0.0659. The zero-order valence-corrected chi connectivity index (χ0v) is 20.6.